The third-order valence-electron chi connectivity index (χ3n) is 4.06. The van der Waals surface area contributed by atoms with Gasteiger partial charge in [0.1, 0.15) is 4.90 Å². The molecular formula is C14H20Cl2N2O2S. The zero-order valence-corrected chi connectivity index (χ0v) is 14.2. The number of halogens is 2. The van der Waals surface area contributed by atoms with E-state index in [2.05, 4.69) is 4.72 Å². The molecule has 0 bridgehead atoms. The normalized spacial score (nSPS) is 18.1. The molecule has 1 aliphatic rings. The van der Waals surface area contributed by atoms with Gasteiger partial charge >= 0.3 is 0 Å². The summed E-state index contributed by atoms with van der Waals surface area (Å²) in [5.74, 6) is 0.389. The quantitative estimate of drug-likeness (QED) is 0.855. The van der Waals surface area contributed by atoms with E-state index in [1.807, 2.05) is 6.92 Å². The van der Waals surface area contributed by atoms with E-state index >= 15 is 0 Å². The lowest BCUT2D eigenvalue weighted by molar-refractivity contribution is 0.424. The first kappa shape index (κ1) is 17.0. The summed E-state index contributed by atoms with van der Waals surface area (Å²) < 4.78 is 27.8. The van der Waals surface area contributed by atoms with Gasteiger partial charge in [0.2, 0.25) is 10.0 Å². The number of hydrogen-bond donors (Lipinski definition) is 2. The third kappa shape index (κ3) is 3.90. The van der Waals surface area contributed by atoms with Gasteiger partial charge in [-0.05, 0) is 43.4 Å². The highest BCUT2D eigenvalue weighted by molar-refractivity contribution is 7.89. The molecule has 0 spiro atoms. The van der Waals surface area contributed by atoms with Crippen molar-refractivity contribution in [3.63, 3.8) is 0 Å². The molecular weight excluding hydrogens is 331 g/mol. The Morgan fingerprint density at radius 2 is 1.90 bits per heavy atom. The minimum Gasteiger partial charge on any atom is -0.326 e. The number of benzene rings is 1. The fraction of sp³-hybridized carbons (Fsp3) is 0.571. The average molecular weight is 351 g/mol. The van der Waals surface area contributed by atoms with Crippen molar-refractivity contribution in [2.24, 2.45) is 11.7 Å². The molecule has 1 saturated carbocycles. The topological polar surface area (TPSA) is 72.2 Å². The molecule has 1 aromatic carbocycles. The van der Waals surface area contributed by atoms with Crippen LogP contribution in [0.3, 0.4) is 0 Å². The molecule has 1 atom stereocenters. The molecule has 2 rings (SSSR count). The van der Waals surface area contributed by atoms with Crippen LogP contribution in [-0.2, 0) is 16.6 Å². The smallest absolute Gasteiger partial charge is 0.242 e. The molecule has 1 unspecified atom stereocenters. The van der Waals surface area contributed by atoms with Crippen LogP contribution in [0.4, 0.5) is 0 Å². The molecule has 1 aromatic rings. The van der Waals surface area contributed by atoms with Crippen LogP contribution in [0.1, 0.15) is 38.2 Å². The van der Waals surface area contributed by atoms with Crippen molar-refractivity contribution in [1.82, 2.24) is 4.72 Å². The molecule has 0 saturated heterocycles. The highest BCUT2D eigenvalue weighted by Crippen LogP contribution is 2.31. The molecule has 0 heterocycles. The van der Waals surface area contributed by atoms with Crippen molar-refractivity contribution < 1.29 is 8.42 Å². The number of sulfonamides is 1. The highest BCUT2D eigenvalue weighted by atomic mass is 35.5. The van der Waals surface area contributed by atoms with Gasteiger partial charge in [-0.3, -0.25) is 0 Å². The summed E-state index contributed by atoms with van der Waals surface area (Å²) in [5, 5.41) is 0.494. The zero-order valence-electron chi connectivity index (χ0n) is 11.9. The van der Waals surface area contributed by atoms with Gasteiger partial charge in [0.15, 0.2) is 0 Å². The van der Waals surface area contributed by atoms with Gasteiger partial charge in [-0.25, -0.2) is 13.1 Å². The first-order chi connectivity index (χ1) is 9.85. The van der Waals surface area contributed by atoms with Gasteiger partial charge in [-0.2, -0.15) is 0 Å². The van der Waals surface area contributed by atoms with E-state index in [1.54, 1.807) is 0 Å². The lowest BCUT2D eigenvalue weighted by Gasteiger charge is -2.21. The summed E-state index contributed by atoms with van der Waals surface area (Å²) in [4.78, 5) is 0.0406. The first-order valence-corrected chi connectivity index (χ1v) is 9.29. The maximum atomic E-state index is 12.5. The second-order valence-electron chi connectivity index (χ2n) is 5.53. The molecule has 0 aromatic heterocycles. The van der Waals surface area contributed by atoms with Crippen LogP contribution in [0.25, 0.3) is 0 Å². The Kier molecular flexibility index (Phi) is 5.54. The van der Waals surface area contributed by atoms with Gasteiger partial charge in [0.05, 0.1) is 5.02 Å². The molecule has 118 valence electrons. The molecule has 4 nitrogen and oxygen atoms in total. The van der Waals surface area contributed by atoms with Crippen LogP contribution in [0, 0.1) is 5.92 Å². The molecule has 3 N–H and O–H groups in total. The monoisotopic (exact) mass is 350 g/mol. The van der Waals surface area contributed by atoms with Gasteiger partial charge in [0.25, 0.3) is 0 Å². The average Bonchev–Trinajstić information content (AvgIpc) is 2.91. The number of rotatable bonds is 5. The molecule has 1 fully saturated rings. The van der Waals surface area contributed by atoms with Crippen LogP contribution in [0.15, 0.2) is 17.0 Å². The second kappa shape index (κ2) is 6.84. The van der Waals surface area contributed by atoms with Crippen molar-refractivity contribution in [2.75, 3.05) is 0 Å². The summed E-state index contributed by atoms with van der Waals surface area (Å²) in [6, 6.07) is 2.78. The Morgan fingerprint density at radius 1 is 1.29 bits per heavy atom. The van der Waals surface area contributed by atoms with Crippen LogP contribution >= 0.6 is 23.2 Å². The summed E-state index contributed by atoms with van der Waals surface area (Å²) in [5.41, 5.74) is 6.14. The highest BCUT2D eigenvalue weighted by Gasteiger charge is 2.27. The van der Waals surface area contributed by atoms with Gasteiger partial charge < -0.3 is 5.73 Å². The largest absolute Gasteiger partial charge is 0.326 e. The lowest BCUT2D eigenvalue weighted by Crippen LogP contribution is -2.37. The predicted octanol–water partition coefficient (Wildman–Crippen LogP) is 3.31. The maximum absolute atomic E-state index is 12.5. The summed E-state index contributed by atoms with van der Waals surface area (Å²) in [6.45, 7) is 2.07. The molecule has 7 heteroatoms. The van der Waals surface area contributed by atoms with Crippen LogP contribution < -0.4 is 10.5 Å². The summed E-state index contributed by atoms with van der Waals surface area (Å²) in [6.07, 6.45) is 4.45. The van der Waals surface area contributed by atoms with Gasteiger partial charge in [-0.1, -0.05) is 36.0 Å². The maximum Gasteiger partial charge on any atom is 0.242 e. The fourth-order valence-corrected chi connectivity index (χ4v) is 4.98. The molecule has 1 aliphatic carbocycles. The van der Waals surface area contributed by atoms with Crippen LogP contribution in [0.5, 0.6) is 0 Å². The van der Waals surface area contributed by atoms with E-state index in [9.17, 15) is 8.42 Å². The van der Waals surface area contributed by atoms with Crippen molar-refractivity contribution in [1.29, 1.82) is 0 Å². The fourth-order valence-electron chi connectivity index (χ4n) is 2.80. The van der Waals surface area contributed by atoms with Crippen molar-refractivity contribution in [2.45, 2.75) is 50.1 Å². The standard InChI is InChI=1S/C14H20Cl2N2O2S/c1-9(10-4-2-3-5-10)18-21(19,20)14-6-11(8-17)12(15)7-13(14)16/h6-7,9-10,18H,2-5,8,17H2,1H3. The molecule has 0 radical (unpaired) electrons. The van der Waals surface area contributed by atoms with Crippen molar-refractivity contribution >= 4 is 33.2 Å². The minimum absolute atomic E-state index is 0.0406. The van der Waals surface area contributed by atoms with E-state index in [1.165, 1.54) is 12.1 Å². The molecule has 21 heavy (non-hydrogen) atoms. The second-order valence-corrected chi connectivity index (χ2v) is 8.03. The van der Waals surface area contributed by atoms with E-state index in [0.29, 0.717) is 16.5 Å². The van der Waals surface area contributed by atoms with Crippen LogP contribution in [-0.4, -0.2) is 14.5 Å². The van der Waals surface area contributed by atoms with Crippen molar-refractivity contribution in [3.05, 3.63) is 27.7 Å². The zero-order chi connectivity index (χ0) is 15.6. The molecule has 0 aliphatic heterocycles. The van der Waals surface area contributed by atoms with E-state index in [4.69, 9.17) is 28.9 Å². The summed E-state index contributed by atoms with van der Waals surface area (Å²) >= 11 is 12.0. The minimum atomic E-state index is -3.67. The first-order valence-electron chi connectivity index (χ1n) is 7.05. The third-order valence-corrected chi connectivity index (χ3v) is 6.43. The van der Waals surface area contributed by atoms with E-state index < -0.39 is 10.0 Å². The Bertz CT molecular complexity index is 614. The van der Waals surface area contributed by atoms with Crippen LogP contribution in [0.2, 0.25) is 10.0 Å². The Balaban J connectivity index is 2.26. The Hall–Kier alpha value is -0.330. The Morgan fingerprint density at radius 3 is 2.48 bits per heavy atom. The molecule has 0 amide bonds. The van der Waals surface area contributed by atoms with Gasteiger partial charge in [0, 0.05) is 17.6 Å². The SMILES string of the molecule is CC(NS(=O)(=O)c1cc(CN)c(Cl)cc1Cl)C1CCCC1. The van der Waals surface area contributed by atoms with E-state index in [0.717, 1.165) is 25.7 Å². The summed E-state index contributed by atoms with van der Waals surface area (Å²) in [7, 11) is -3.67. The lowest BCUT2D eigenvalue weighted by atomic mass is 10.0. The number of hydrogen-bond acceptors (Lipinski definition) is 3. The predicted molar refractivity (Wildman–Crippen MR) is 86.1 cm³/mol. The van der Waals surface area contributed by atoms with E-state index in [-0.39, 0.29) is 22.5 Å². The van der Waals surface area contributed by atoms with Crippen molar-refractivity contribution in [3.8, 4) is 0 Å². The number of nitrogens with two attached hydrogens (primary N) is 1. The van der Waals surface area contributed by atoms with Gasteiger partial charge in [-0.15, -0.1) is 0 Å². The number of nitrogens with one attached hydrogen (secondary N) is 1. The Labute approximate surface area is 136 Å².